The largest absolute Gasteiger partial charge is 0.573 e. The molecule has 2 fully saturated rings. The highest BCUT2D eigenvalue weighted by molar-refractivity contribution is 5.66. The minimum absolute atomic E-state index is 0.185. The number of hydrogen-bond donors (Lipinski definition) is 0. The Balaban J connectivity index is 1.21. The van der Waals surface area contributed by atoms with Crippen molar-refractivity contribution in [1.82, 2.24) is 0 Å². The average molecular weight is 555 g/mol. The monoisotopic (exact) mass is 554 g/mol. The van der Waals surface area contributed by atoms with E-state index in [-0.39, 0.29) is 5.56 Å². The van der Waals surface area contributed by atoms with E-state index in [1.54, 1.807) is 0 Å². The average Bonchev–Trinajstić information content (AvgIpc) is 2.87. The van der Waals surface area contributed by atoms with Crippen molar-refractivity contribution in [3.8, 4) is 16.9 Å². The van der Waals surface area contributed by atoms with Gasteiger partial charge in [0.05, 0.1) is 5.56 Å². The van der Waals surface area contributed by atoms with Gasteiger partial charge in [0.15, 0.2) is 11.6 Å². The lowest BCUT2D eigenvalue weighted by molar-refractivity contribution is -0.275. The molecule has 7 heteroatoms. The number of ether oxygens (including phenoxy) is 1. The van der Waals surface area contributed by atoms with Crippen molar-refractivity contribution in [2.75, 3.05) is 0 Å². The molecular weight excluding hydrogens is 514 g/mol. The molecule has 0 N–H and O–H groups in total. The Bertz CT molecular complexity index is 1040. The predicted octanol–water partition coefficient (Wildman–Crippen LogP) is 10.8. The van der Waals surface area contributed by atoms with E-state index in [1.165, 1.54) is 76.3 Å². The minimum Gasteiger partial charge on any atom is -0.403 e. The molecule has 0 atom stereocenters. The summed E-state index contributed by atoms with van der Waals surface area (Å²) >= 11 is 0. The smallest absolute Gasteiger partial charge is 0.403 e. The number of halogens is 6. The van der Waals surface area contributed by atoms with E-state index in [0.29, 0.717) is 24.0 Å². The Morgan fingerprint density at radius 1 is 0.692 bits per heavy atom. The van der Waals surface area contributed by atoms with Crippen LogP contribution >= 0.6 is 0 Å². The first-order valence-corrected chi connectivity index (χ1v) is 14.6. The number of unbranched alkanes of at least 4 members (excludes halogenated alkanes) is 1. The third-order valence-electron chi connectivity index (χ3n) is 8.97. The van der Waals surface area contributed by atoms with Crippen LogP contribution < -0.4 is 4.74 Å². The first kappa shape index (κ1) is 29.8. The van der Waals surface area contributed by atoms with Crippen molar-refractivity contribution in [2.45, 2.75) is 103 Å². The summed E-state index contributed by atoms with van der Waals surface area (Å²) in [6.45, 7) is 2.37. The van der Waals surface area contributed by atoms with Gasteiger partial charge < -0.3 is 4.74 Å². The molecule has 4 rings (SSSR count). The maximum Gasteiger partial charge on any atom is 0.573 e. The number of rotatable bonds is 10. The molecule has 0 spiro atoms. The lowest BCUT2D eigenvalue weighted by Gasteiger charge is -2.29. The third-order valence-corrected chi connectivity index (χ3v) is 8.97. The fraction of sp³-hybridized carbons (Fsp3) is 0.625. The van der Waals surface area contributed by atoms with Crippen molar-refractivity contribution >= 4 is 0 Å². The Morgan fingerprint density at radius 3 is 1.72 bits per heavy atom. The van der Waals surface area contributed by atoms with Gasteiger partial charge in [-0.2, -0.15) is 0 Å². The molecule has 2 aliphatic rings. The number of alkyl halides is 3. The molecule has 2 aromatic carbocycles. The van der Waals surface area contributed by atoms with Crippen molar-refractivity contribution in [1.29, 1.82) is 0 Å². The molecular formula is C32H40F6O. The van der Waals surface area contributed by atoms with E-state index in [4.69, 9.17) is 0 Å². The van der Waals surface area contributed by atoms with Gasteiger partial charge in [0.1, 0.15) is 11.6 Å². The molecule has 0 heterocycles. The zero-order chi connectivity index (χ0) is 28.0. The summed E-state index contributed by atoms with van der Waals surface area (Å²) in [5, 5.41) is 0. The van der Waals surface area contributed by atoms with Crippen LogP contribution in [-0.2, 0) is 6.42 Å². The topological polar surface area (TPSA) is 9.23 Å². The first-order chi connectivity index (χ1) is 18.6. The van der Waals surface area contributed by atoms with Crippen molar-refractivity contribution < 1.29 is 31.1 Å². The summed E-state index contributed by atoms with van der Waals surface area (Å²) in [6.07, 6.45) is 12.1. The molecule has 0 amide bonds. The Labute approximate surface area is 228 Å². The molecule has 39 heavy (non-hydrogen) atoms. The second-order valence-electron chi connectivity index (χ2n) is 12.0. The van der Waals surface area contributed by atoms with Crippen molar-refractivity contribution in [3.63, 3.8) is 0 Å². The van der Waals surface area contributed by atoms with E-state index in [0.717, 1.165) is 49.1 Å². The van der Waals surface area contributed by atoms with E-state index in [2.05, 4.69) is 11.7 Å². The van der Waals surface area contributed by atoms with Crippen LogP contribution in [-0.4, -0.2) is 6.36 Å². The maximum absolute atomic E-state index is 14.8. The van der Waals surface area contributed by atoms with Crippen LogP contribution in [0.1, 0.15) is 96.0 Å². The molecule has 0 bridgehead atoms. The van der Waals surface area contributed by atoms with Crippen LogP contribution in [0.25, 0.3) is 11.1 Å². The van der Waals surface area contributed by atoms with E-state index >= 15 is 0 Å². The number of benzene rings is 2. The van der Waals surface area contributed by atoms with Crippen molar-refractivity contribution in [2.24, 2.45) is 23.7 Å². The van der Waals surface area contributed by atoms with Crippen molar-refractivity contribution in [3.05, 3.63) is 53.3 Å². The standard InChI is InChI=1S/C32H40F6O/c1-21-6-8-22(9-7-21)4-2-3-5-23-10-12-24(13-11-23)14-15-25-18-28(34)31(29(35)19-25)26-16-17-30(27(33)20-26)39-32(36,37)38/h16-24H,2-15H2,1H3. The Kier molecular flexibility index (Phi) is 10.3. The first-order valence-electron chi connectivity index (χ1n) is 14.6. The summed E-state index contributed by atoms with van der Waals surface area (Å²) < 4.78 is 84.4. The summed E-state index contributed by atoms with van der Waals surface area (Å²) in [5.74, 6) is -0.909. The number of hydrogen-bond acceptors (Lipinski definition) is 1. The summed E-state index contributed by atoms with van der Waals surface area (Å²) in [6, 6.07) is 4.87. The van der Waals surface area contributed by atoms with Crippen LogP contribution in [0, 0.1) is 41.1 Å². The van der Waals surface area contributed by atoms with Gasteiger partial charge in [0.2, 0.25) is 0 Å². The van der Waals surface area contributed by atoms with Gasteiger partial charge in [-0.05, 0) is 71.9 Å². The minimum atomic E-state index is -5.06. The Hall–Kier alpha value is -2.18. The molecule has 0 radical (unpaired) electrons. The van der Waals surface area contributed by atoms with E-state index < -0.39 is 35.1 Å². The molecule has 216 valence electrons. The third kappa shape index (κ3) is 8.91. The van der Waals surface area contributed by atoms with E-state index in [1.807, 2.05) is 0 Å². The van der Waals surface area contributed by atoms with Crippen LogP contribution in [0.5, 0.6) is 5.75 Å². The molecule has 0 saturated heterocycles. The van der Waals surface area contributed by atoms with E-state index in [9.17, 15) is 26.3 Å². The zero-order valence-corrected chi connectivity index (χ0v) is 22.8. The quantitative estimate of drug-likeness (QED) is 0.210. The summed E-state index contributed by atoms with van der Waals surface area (Å²) in [4.78, 5) is 0. The molecule has 1 nitrogen and oxygen atoms in total. The molecule has 0 aromatic heterocycles. The SMILES string of the molecule is CC1CCC(CCCCC2CCC(CCc3cc(F)c(-c4ccc(OC(F)(F)F)c(F)c4)c(F)c3)CC2)CC1. The molecule has 2 aromatic rings. The molecule has 0 unspecified atom stereocenters. The van der Waals surface area contributed by atoms with Crippen LogP contribution in [0.2, 0.25) is 0 Å². The highest BCUT2D eigenvalue weighted by Crippen LogP contribution is 2.37. The van der Waals surface area contributed by atoms with Crippen LogP contribution in [0.15, 0.2) is 30.3 Å². The molecule has 2 aliphatic carbocycles. The summed E-state index contributed by atoms with van der Waals surface area (Å²) in [5.41, 5.74) is -0.115. The summed E-state index contributed by atoms with van der Waals surface area (Å²) in [7, 11) is 0. The fourth-order valence-corrected chi connectivity index (χ4v) is 6.57. The highest BCUT2D eigenvalue weighted by Gasteiger charge is 2.32. The van der Waals surface area contributed by atoms with Gasteiger partial charge in [-0.3, -0.25) is 0 Å². The van der Waals surface area contributed by atoms with Gasteiger partial charge in [-0.1, -0.05) is 90.0 Å². The van der Waals surface area contributed by atoms with Gasteiger partial charge in [-0.15, -0.1) is 13.2 Å². The highest BCUT2D eigenvalue weighted by atomic mass is 19.4. The lowest BCUT2D eigenvalue weighted by atomic mass is 9.77. The zero-order valence-electron chi connectivity index (χ0n) is 22.8. The van der Waals surface area contributed by atoms with Gasteiger partial charge in [0, 0.05) is 0 Å². The second-order valence-corrected chi connectivity index (χ2v) is 12.0. The Morgan fingerprint density at radius 2 is 1.21 bits per heavy atom. The van der Waals surface area contributed by atoms with Gasteiger partial charge >= 0.3 is 6.36 Å². The van der Waals surface area contributed by atoms with Gasteiger partial charge in [-0.25, -0.2) is 13.2 Å². The van der Waals surface area contributed by atoms with Gasteiger partial charge in [0.25, 0.3) is 0 Å². The van der Waals surface area contributed by atoms with Crippen LogP contribution in [0.4, 0.5) is 26.3 Å². The lowest BCUT2D eigenvalue weighted by Crippen LogP contribution is -2.17. The maximum atomic E-state index is 14.8. The normalized spacial score (nSPS) is 24.1. The fourth-order valence-electron chi connectivity index (χ4n) is 6.57. The number of aryl methyl sites for hydroxylation is 1. The molecule has 0 aliphatic heterocycles. The molecule has 2 saturated carbocycles. The predicted molar refractivity (Wildman–Crippen MR) is 142 cm³/mol. The van der Waals surface area contributed by atoms with Crippen LogP contribution in [0.3, 0.4) is 0 Å². The second kappa shape index (κ2) is 13.5.